The molecule has 2 heterocycles. The monoisotopic (exact) mass is 654 g/mol. The van der Waals surface area contributed by atoms with Gasteiger partial charge in [0, 0.05) is 31.5 Å². The van der Waals surface area contributed by atoms with Gasteiger partial charge in [0.2, 0.25) is 5.92 Å². The Morgan fingerprint density at radius 2 is 1.68 bits per heavy atom. The van der Waals surface area contributed by atoms with E-state index in [-0.39, 0.29) is 56.2 Å². The Hall–Kier alpha value is -3.80. The zero-order valence-corrected chi connectivity index (χ0v) is 28.0. The van der Waals surface area contributed by atoms with E-state index in [1.54, 1.807) is 31.5 Å². The minimum Gasteiger partial charge on any atom is -0.445 e. The number of rotatable bonds is 12. The number of hydrogen-bond acceptors (Lipinski definition) is 7. The van der Waals surface area contributed by atoms with Crippen molar-refractivity contribution in [2.75, 3.05) is 6.54 Å². The average Bonchev–Trinajstić information content (AvgIpc) is 3.75. The van der Waals surface area contributed by atoms with E-state index >= 15 is 0 Å². The number of nitrogens with zero attached hydrogens (tertiary/aromatic N) is 3. The van der Waals surface area contributed by atoms with Crippen molar-refractivity contribution >= 4 is 17.8 Å². The smallest absolute Gasteiger partial charge is 0.408 e. The van der Waals surface area contributed by atoms with Crippen LogP contribution in [-0.2, 0) is 16.1 Å². The molecule has 0 spiro atoms. The van der Waals surface area contributed by atoms with Crippen LogP contribution >= 0.6 is 0 Å². The van der Waals surface area contributed by atoms with Crippen LogP contribution < -0.4 is 16.0 Å². The summed E-state index contributed by atoms with van der Waals surface area (Å²) in [6, 6.07) is 10.8. The molecule has 3 atom stereocenters. The first-order valence-electron chi connectivity index (χ1n) is 16.7. The lowest BCUT2D eigenvalue weighted by atomic mass is 9.81. The highest BCUT2D eigenvalue weighted by Crippen LogP contribution is 2.43. The van der Waals surface area contributed by atoms with Crippen LogP contribution in [0.25, 0.3) is 5.65 Å². The van der Waals surface area contributed by atoms with Crippen LogP contribution in [0.5, 0.6) is 0 Å². The van der Waals surface area contributed by atoms with E-state index in [1.165, 1.54) is 0 Å². The van der Waals surface area contributed by atoms with Crippen LogP contribution in [0.2, 0.25) is 0 Å². The lowest BCUT2D eigenvalue weighted by Gasteiger charge is -2.33. The Morgan fingerprint density at radius 3 is 2.32 bits per heavy atom. The molecule has 10 nitrogen and oxygen atoms in total. The number of alkyl halides is 2. The highest BCUT2D eigenvalue weighted by molar-refractivity contribution is 5.68. The summed E-state index contributed by atoms with van der Waals surface area (Å²) in [7, 11) is 0. The number of alkyl carbamates (subject to hydrolysis) is 2. The summed E-state index contributed by atoms with van der Waals surface area (Å²) < 4.78 is 40.7. The largest absolute Gasteiger partial charge is 0.445 e. The van der Waals surface area contributed by atoms with E-state index in [2.05, 4.69) is 34.9 Å². The number of ether oxygens (including phenoxy) is 2. The van der Waals surface area contributed by atoms with Gasteiger partial charge in [-0.05, 0) is 81.4 Å². The second-order valence-electron chi connectivity index (χ2n) is 14.4. The molecule has 0 unspecified atom stereocenters. The van der Waals surface area contributed by atoms with Crippen molar-refractivity contribution in [2.45, 2.75) is 109 Å². The van der Waals surface area contributed by atoms with Crippen molar-refractivity contribution in [1.82, 2.24) is 30.5 Å². The molecule has 3 aromatic rings. The fourth-order valence-corrected chi connectivity index (χ4v) is 6.10. The van der Waals surface area contributed by atoms with Gasteiger partial charge in [-0.3, -0.25) is 0 Å². The average molecular weight is 655 g/mol. The molecule has 2 aliphatic rings. The molecule has 12 heteroatoms. The molecule has 3 N–H and O–H groups in total. The molecule has 2 saturated carbocycles. The number of hydrogen-bond donors (Lipinski definition) is 3. The number of aromatic nitrogens is 3. The van der Waals surface area contributed by atoms with Gasteiger partial charge < -0.3 is 25.4 Å². The molecule has 2 aliphatic carbocycles. The number of fused-ring (bicyclic) bond motifs is 1. The Labute approximate surface area is 275 Å². The van der Waals surface area contributed by atoms with Crippen molar-refractivity contribution in [1.29, 1.82) is 0 Å². The highest BCUT2D eigenvalue weighted by Gasteiger charge is 2.40. The Morgan fingerprint density at radius 1 is 1.00 bits per heavy atom. The fourth-order valence-electron chi connectivity index (χ4n) is 6.10. The van der Waals surface area contributed by atoms with Gasteiger partial charge in [-0.1, -0.05) is 44.2 Å². The van der Waals surface area contributed by atoms with E-state index in [0.717, 1.165) is 24.0 Å². The van der Waals surface area contributed by atoms with Crippen LogP contribution in [0, 0.1) is 17.8 Å². The second-order valence-corrected chi connectivity index (χ2v) is 14.4. The molecule has 0 bridgehead atoms. The van der Waals surface area contributed by atoms with Crippen LogP contribution in [0.1, 0.15) is 102 Å². The maximum Gasteiger partial charge on any atom is 0.408 e. The minimum atomic E-state index is -2.69. The van der Waals surface area contributed by atoms with Gasteiger partial charge in [-0.15, -0.1) is 0 Å². The van der Waals surface area contributed by atoms with Crippen LogP contribution in [0.3, 0.4) is 0 Å². The van der Waals surface area contributed by atoms with Crippen molar-refractivity contribution in [3.63, 3.8) is 0 Å². The molecule has 1 aromatic carbocycles. The van der Waals surface area contributed by atoms with Crippen LogP contribution in [-0.4, -0.2) is 50.9 Å². The maximum atomic E-state index is 14.0. The molecule has 2 aromatic heterocycles. The first kappa shape index (κ1) is 34.5. The maximum absolute atomic E-state index is 14.0. The van der Waals surface area contributed by atoms with Gasteiger partial charge in [0.1, 0.15) is 12.2 Å². The number of benzene rings is 1. The van der Waals surface area contributed by atoms with E-state index in [4.69, 9.17) is 14.5 Å². The number of nitrogens with one attached hydrogen (secondary N) is 3. The number of carbonyl (C=O) groups excluding carboxylic acids is 2. The molecular formula is C35H48F2N6O4. The van der Waals surface area contributed by atoms with Gasteiger partial charge >= 0.3 is 12.2 Å². The van der Waals surface area contributed by atoms with E-state index in [1.807, 2.05) is 42.6 Å². The third kappa shape index (κ3) is 9.85. The third-order valence-electron chi connectivity index (χ3n) is 8.91. The van der Waals surface area contributed by atoms with E-state index in [9.17, 15) is 18.4 Å². The standard InChI is InChI=1S/C35H48F2N6O4/c1-22(2)27(41-32(44)46-21-23-9-7-6-8-10-23)19-38-30(24-11-12-24)26-17-29-40-28(20-43(29)39-18-26)31(42-33(45)47-34(3,4)5)25-13-15-35(36,37)16-14-25/h6-10,17-18,20,22,24-25,27,30-31,38H,11-16,19,21H2,1-5H3,(H,41,44)(H,42,45)/t27-,30+,31-/m0/s1. The Bertz CT molecular complexity index is 1490. The summed E-state index contributed by atoms with van der Waals surface area (Å²) in [5, 5.41) is 14.3. The lowest BCUT2D eigenvalue weighted by molar-refractivity contribution is -0.0500. The van der Waals surface area contributed by atoms with E-state index < -0.39 is 29.8 Å². The van der Waals surface area contributed by atoms with Gasteiger partial charge in [0.25, 0.3) is 0 Å². The zero-order valence-electron chi connectivity index (χ0n) is 28.0. The van der Waals surface area contributed by atoms with Gasteiger partial charge in [0.05, 0.1) is 24.1 Å². The predicted molar refractivity (Wildman–Crippen MR) is 174 cm³/mol. The summed E-state index contributed by atoms with van der Waals surface area (Å²) in [6.07, 6.45) is 4.73. The Balaban J connectivity index is 1.29. The molecule has 0 radical (unpaired) electrons. The molecule has 2 fully saturated rings. The summed E-state index contributed by atoms with van der Waals surface area (Å²) >= 11 is 0. The minimum absolute atomic E-state index is 0.00676. The van der Waals surface area contributed by atoms with Gasteiger partial charge in [-0.25, -0.2) is 27.9 Å². The third-order valence-corrected chi connectivity index (χ3v) is 8.91. The van der Waals surface area contributed by atoms with Crippen molar-refractivity contribution < 1.29 is 27.8 Å². The van der Waals surface area contributed by atoms with Gasteiger partial charge in [-0.2, -0.15) is 5.10 Å². The lowest BCUT2D eigenvalue weighted by Crippen LogP contribution is -2.46. The summed E-state index contributed by atoms with van der Waals surface area (Å²) in [4.78, 5) is 30.3. The molecular weight excluding hydrogens is 606 g/mol. The Kier molecular flexibility index (Phi) is 10.7. The first-order valence-corrected chi connectivity index (χ1v) is 16.7. The first-order chi connectivity index (χ1) is 22.3. The molecule has 0 aliphatic heterocycles. The number of carbonyl (C=O) groups is 2. The summed E-state index contributed by atoms with van der Waals surface area (Å²) in [5.41, 5.74) is 2.35. The second kappa shape index (κ2) is 14.5. The molecule has 5 rings (SSSR count). The fraction of sp³-hybridized carbons (Fsp3) is 0.600. The molecule has 47 heavy (non-hydrogen) atoms. The zero-order chi connectivity index (χ0) is 33.8. The van der Waals surface area contributed by atoms with Gasteiger partial charge in [0.15, 0.2) is 5.65 Å². The number of imidazole rings is 1. The molecule has 0 saturated heterocycles. The van der Waals surface area contributed by atoms with Crippen LogP contribution in [0.15, 0.2) is 48.8 Å². The predicted octanol–water partition coefficient (Wildman–Crippen LogP) is 7.11. The summed E-state index contributed by atoms with van der Waals surface area (Å²) in [5.74, 6) is -2.32. The topological polar surface area (TPSA) is 119 Å². The SMILES string of the molecule is CC(C)[C@H](CN[C@@H](c1cnn2cc([C@@H](NC(=O)OC(C)(C)C)C3CCC(F)(F)CC3)nc2c1)C1CC1)NC(=O)OCc1ccccc1. The van der Waals surface area contributed by atoms with Crippen molar-refractivity contribution in [3.05, 3.63) is 65.6 Å². The highest BCUT2D eigenvalue weighted by atomic mass is 19.3. The molecule has 256 valence electrons. The van der Waals surface area contributed by atoms with Crippen molar-refractivity contribution in [2.24, 2.45) is 17.8 Å². The normalized spacial score (nSPS) is 18.8. The summed E-state index contributed by atoms with van der Waals surface area (Å²) in [6.45, 7) is 10.2. The van der Waals surface area contributed by atoms with Crippen LogP contribution in [0.4, 0.5) is 18.4 Å². The number of amides is 2. The quantitative estimate of drug-likeness (QED) is 0.190. The van der Waals surface area contributed by atoms with E-state index in [0.29, 0.717) is 23.8 Å². The van der Waals surface area contributed by atoms with Crippen molar-refractivity contribution in [3.8, 4) is 0 Å². The molecule has 2 amide bonds. The number of halogens is 2.